The number of fused-ring (bicyclic) bond motifs is 1. The summed E-state index contributed by atoms with van der Waals surface area (Å²) >= 11 is 0. The fraction of sp³-hybridized carbons (Fsp3) is 0.250. The maximum absolute atomic E-state index is 5.53. The molecule has 0 saturated heterocycles. The van der Waals surface area contributed by atoms with Gasteiger partial charge in [0, 0.05) is 6.04 Å². The van der Waals surface area contributed by atoms with Gasteiger partial charge in [0.15, 0.2) is 11.5 Å². The lowest BCUT2D eigenvalue weighted by molar-refractivity contribution is 0.352. The summed E-state index contributed by atoms with van der Waals surface area (Å²) in [7, 11) is 3.39. The molecule has 1 heterocycles. The minimum atomic E-state index is 0.277. The van der Waals surface area contributed by atoms with Crippen LogP contribution in [0.1, 0.15) is 22.7 Å². The molecule has 0 aromatic heterocycles. The van der Waals surface area contributed by atoms with E-state index in [9.17, 15) is 0 Å². The van der Waals surface area contributed by atoms with E-state index in [1.807, 2.05) is 0 Å². The van der Waals surface area contributed by atoms with E-state index in [1.54, 1.807) is 14.2 Å². The van der Waals surface area contributed by atoms with Gasteiger partial charge in [0.1, 0.15) is 0 Å². The van der Waals surface area contributed by atoms with Gasteiger partial charge in [-0.25, -0.2) is 0 Å². The van der Waals surface area contributed by atoms with Crippen molar-refractivity contribution in [2.24, 2.45) is 0 Å². The van der Waals surface area contributed by atoms with Gasteiger partial charge in [-0.15, -0.1) is 0 Å². The van der Waals surface area contributed by atoms with Crippen LogP contribution in [0.5, 0.6) is 11.5 Å². The summed E-state index contributed by atoms with van der Waals surface area (Å²) in [4.78, 5) is 0. The number of nitrogens with one attached hydrogen (secondary N) is 1. The third kappa shape index (κ3) is 3.69. The third-order valence-electron chi connectivity index (χ3n) is 5.28. The number of hydrogen-bond acceptors (Lipinski definition) is 3. The van der Waals surface area contributed by atoms with Gasteiger partial charge in [0.25, 0.3) is 0 Å². The van der Waals surface area contributed by atoms with Crippen LogP contribution in [-0.4, -0.2) is 20.8 Å². The van der Waals surface area contributed by atoms with Gasteiger partial charge in [-0.2, -0.15) is 0 Å². The van der Waals surface area contributed by atoms with Crippen molar-refractivity contribution < 1.29 is 9.47 Å². The van der Waals surface area contributed by atoms with Gasteiger partial charge in [-0.05, 0) is 59.3 Å². The zero-order valence-electron chi connectivity index (χ0n) is 15.9. The molecule has 3 heteroatoms. The Morgan fingerprint density at radius 3 is 2.37 bits per heavy atom. The second-order valence-electron chi connectivity index (χ2n) is 6.93. The first-order valence-corrected chi connectivity index (χ1v) is 9.41. The average Bonchev–Trinajstić information content (AvgIpc) is 2.74. The van der Waals surface area contributed by atoms with E-state index in [-0.39, 0.29) is 6.04 Å². The highest BCUT2D eigenvalue weighted by Crippen LogP contribution is 2.36. The van der Waals surface area contributed by atoms with E-state index in [2.05, 4.69) is 72.0 Å². The minimum Gasteiger partial charge on any atom is -0.493 e. The van der Waals surface area contributed by atoms with Crippen molar-refractivity contribution in [1.82, 2.24) is 5.32 Å². The number of rotatable bonds is 5. The highest BCUT2D eigenvalue weighted by Gasteiger charge is 2.23. The second kappa shape index (κ2) is 7.85. The van der Waals surface area contributed by atoms with Crippen LogP contribution >= 0.6 is 0 Å². The number of ether oxygens (including phenoxy) is 2. The molecular weight excluding hydrogens is 334 g/mol. The molecule has 4 rings (SSSR count). The molecule has 0 saturated carbocycles. The Kier molecular flexibility index (Phi) is 5.12. The third-order valence-corrected chi connectivity index (χ3v) is 5.28. The van der Waals surface area contributed by atoms with Crippen molar-refractivity contribution in [3.63, 3.8) is 0 Å². The summed E-state index contributed by atoms with van der Waals surface area (Å²) in [6.07, 6.45) is 1.96. The normalized spacial score (nSPS) is 15.9. The van der Waals surface area contributed by atoms with Crippen LogP contribution < -0.4 is 14.8 Å². The quantitative estimate of drug-likeness (QED) is 0.710. The predicted molar refractivity (Wildman–Crippen MR) is 110 cm³/mol. The van der Waals surface area contributed by atoms with Crippen molar-refractivity contribution in [3.8, 4) is 22.6 Å². The molecule has 0 bridgehead atoms. The van der Waals surface area contributed by atoms with E-state index in [0.717, 1.165) is 30.9 Å². The van der Waals surface area contributed by atoms with Crippen LogP contribution in [0.15, 0.2) is 66.7 Å². The first kappa shape index (κ1) is 17.6. The molecule has 0 spiro atoms. The summed E-state index contributed by atoms with van der Waals surface area (Å²) in [5.41, 5.74) is 6.50. The molecule has 1 atom stereocenters. The Bertz CT molecular complexity index is 921. The van der Waals surface area contributed by atoms with Crippen LogP contribution in [0, 0.1) is 0 Å². The first-order valence-electron chi connectivity index (χ1n) is 9.41. The van der Waals surface area contributed by atoms with Crippen LogP contribution in [0.4, 0.5) is 0 Å². The molecular formula is C24H25NO2. The molecule has 1 N–H and O–H groups in total. The molecule has 3 nitrogen and oxygen atoms in total. The Labute approximate surface area is 161 Å². The van der Waals surface area contributed by atoms with Gasteiger partial charge < -0.3 is 14.8 Å². The standard InChI is InChI=1S/C24H25NO2/c1-26-23-15-20-11-12-25-22(21(20)16-24(23)27-2)14-17-7-6-10-19(13-17)18-8-4-3-5-9-18/h3-10,13,15-16,22,25H,11-12,14H2,1-2H3. The smallest absolute Gasteiger partial charge is 0.161 e. The molecule has 0 radical (unpaired) electrons. The van der Waals surface area contributed by atoms with E-state index in [0.29, 0.717) is 0 Å². The highest BCUT2D eigenvalue weighted by atomic mass is 16.5. The van der Waals surface area contributed by atoms with E-state index in [1.165, 1.54) is 27.8 Å². The molecule has 138 valence electrons. The molecule has 0 amide bonds. The summed E-state index contributed by atoms with van der Waals surface area (Å²) < 4.78 is 11.0. The van der Waals surface area contributed by atoms with Crippen LogP contribution in [0.2, 0.25) is 0 Å². The topological polar surface area (TPSA) is 30.5 Å². The van der Waals surface area contributed by atoms with Crippen molar-refractivity contribution >= 4 is 0 Å². The lowest BCUT2D eigenvalue weighted by Gasteiger charge is -2.28. The summed E-state index contributed by atoms with van der Waals surface area (Å²) in [6.45, 7) is 0.978. The summed E-state index contributed by atoms with van der Waals surface area (Å²) in [5, 5.41) is 3.68. The molecule has 0 fully saturated rings. The molecule has 3 aromatic rings. The van der Waals surface area contributed by atoms with Gasteiger partial charge in [-0.3, -0.25) is 0 Å². The molecule has 1 aliphatic heterocycles. The fourth-order valence-electron chi connectivity index (χ4n) is 3.90. The first-order chi connectivity index (χ1) is 13.3. The Hall–Kier alpha value is -2.78. The molecule has 3 aromatic carbocycles. The van der Waals surface area contributed by atoms with Gasteiger partial charge in [0.05, 0.1) is 14.2 Å². The van der Waals surface area contributed by atoms with Crippen molar-refractivity contribution in [3.05, 3.63) is 83.4 Å². The fourth-order valence-corrected chi connectivity index (χ4v) is 3.90. The predicted octanol–water partition coefficient (Wildman–Crippen LogP) is 4.80. The van der Waals surface area contributed by atoms with E-state index >= 15 is 0 Å². The van der Waals surface area contributed by atoms with Crippen molar-refractivity contribution in [1.29, 1.82) is 0 Å². The maximum atomic E-state index is 5.53. The number of hydrogen-bond donors (Lipinski definition) is 1. The lowest BCUT2D eigenvalue weighted by Crippen LogP contribution is -2.31. The molecule has 1 aliphatic rings. The molecule has 1 unspecified atom stereocenters. The second-order valence-corrected chi connectivity index (χ2v) is 6.93. The highest BCUT2D eigenvalue weighted by molar-refractivity contribution is 5.64. The van der Waals surface area contributed by atoms with Crippen LogP contribution in [0.3, 0.4) is 0 Å². The summed E-state index contributed by atoms with van der Waals surface area (Å²) in [5.74, 6) is 1.60. The monoisotopic (exact) mass is 359 g/mol. The van der Waals surface area contributed by atoms with E-state index in [4.69, 9.17) is 9.47 Å². The number of methoxy groups -OCH3 is 2. The number of benzene rings is 3. The Morgan fingerprint density at radius 2 is 1.59 bits per heavy atom. The maximum Gasteiger partial charge on any atom is 0.161 e. The molecule has 0 aliphatic carbocycles. The lowest BCUT2D eigenvalue weighted by atomic mass is 9.89. The Morgan fingerprint density at radius 1 is 0.852 bits per heavy atom. The van der Waals surface area contributed by atoms with Crippen molar-refractivity contribution in [2.75, 3.05) is 20.8 Å². The van der Waals surface area contributed by atoms with Crippen LogP contribution in [0.25, 0.3) is 11.1 Å². The zero-order chi connectivity index (χ0) is 18.6. The minimum absolute atomic E-state index is 0.277. The van der Waals surface area contributed by atoms with Gasteiger partial charge in [0.2, 0.25) is 0 Å². The largest absolute Gasteiger partial charge is 0.493 e. The van der Waals surface area contributed by atoms with Gasteiger partial charge in [-0.1, -0.05) is 54.6 Å². The van der Waals surface area contributed by atoms with Gasteiger partial charge >= 0.3 is 0 Å². The van der Waals surface area contributed by atoms with Crippen molar-refractivity contribution in [2.45, 2.75) is 18.9 Å². The average molecular weight is 359 g/mol. The molecule has 27 heavy (non-hydrogen) atoms. The van der Waals surface area contributed by atoms with Crippen LogP contribution in [-0.2, 0) is 12.8 Å². The van der Waals surface area contributed by atoms with E-state index < -0.39 is 0 Å². The summed E-state index contributed by atoms with van der Waals surface area (Å²) in [6, 6.07) is 23.9. The Balaban J connectivity index is 1.63. The zero-order valence-corrected chi connectivity index (χ0v) is 15.9. The SMILES string of the molecule is COc1cc2c(cc1OC)C(Cc1cccc(-c3ccccc3)c1)NCC2.